The lowest BCUT2D eigenvalue weighted by Gasteiger charge is -2.26. The summed E-state index contributed by atoms with van der Waals surface area (Å²) < 4.78 is 0. The molecule has 2 unspecified atom stereocenters. The molecule has 0 aromatic rings. The van der Waals surface area contributed by atoms with Gasteiger partial charge in [0.1, 0.15) is 0 Å². The van der Waals surface area contributed by atoms with E-state index in [1.165, 1.54) is 0 Å². The van der Waals surface area contributed by atoms with Crippen molar-refractivity contribution in [3.8, 4) is 0 Å². The van der Waals surface area contributed by atoms with Crippen LogP contribution in [0.15, 0.2) is 24.3 Å². The second-order valence-electron chi connectivity index (χ2n) is 5.88. The Morgan fingerprint density at radius 2 is 2.06 bits per heavy atom. The molecule has 2 N–H and O–H groups in total. The largest absolute Gasteiger partial charge is 0.389 e. The maximum absolute atomic E-state index is 10.2. The first-order valence-corrected chi connectivity index (χ1v) is 6.59. The van der Waals surface area contributed by atoms with Crippen molar-refractivity contribution >= 4 is 0 Å². The molecule has 0 bridgehead atoms. The van der Waals surface area contributed by atoms with Crippen molar-refractivity contribution in [2.24, 2.45) is 11.8 Å². The summed E-state index contributed by atoms with van der Waals surface area (Å²) in [5, 5.41) is 20.1. The molecule has 0 heterocycles. The minimum absolute atomic E-state index is 0.448. The van der Waals surface area contributed by atoms with Crippen LogP contribution in [0.4, 0.5) is 0 Å². The summed E-state index contributed by atoms with van der Waals surface area (Å²) in [6.45, 7) is 10.1. The molecule has 0 aromatic heterocycles. The van der Waals surface area contributed by atoms with Crippen molar-refractivity contribution in [2.75, 3.05) is 0 Å². The third-order valence-electron chi connectivity index (χ3n) is 3.75. The Hall–Kier alpha value is -0.600. The van der Waals surface area contributed by atoms with Gasteiger partial charge in [0.05, 0.1) is 11.7 Å². The fourth-order valence-electron chi connectivity index (χ4n) is 2.22. The van der Waals surface area contributed by atoms with Gasteiger partial charge in [0.15, 0.2) is 0 Å². The van der Waals surface area contributed by atoms with Gasteiger partial charge in [-0.05, 0) is 50.0 Å². The monoisotopic (exact) mass is 238 g/mol. The second-order valence-corrected chi connectivity index (χ2v) is 5.88. The minimum atomic E-state index is -0.814. The number of allylic oxidation sites excluding steroid dienone is 1. The zero-order chi connectivity index (χ0) is 13.1. The number of hydrogen-bond donors (Lipinski definition) is 2. The van der Waals surface area contributed by atoms with Crippen LogP contribution in [0.1, 0.15) is 46.5 Å². The molecule has 0 saturated carbocycles. The molecular formula is C15H26O2. The summed E-state index contributed by atoms with van der Waals surface area (Å²) in [6.07, 6.45) is 6.60. The molecule has 2 nitrogen and oxygen atoms in total. The predicted molar refractivity (Wildman–Crippen MR) is 71.7 cm³/mol. The summed E-state index contributed by atoms with van der Waals surface area (Å²) in [5.41, 5.74) is 0.0906. The molecule has 1 aliphatic rings. The van der Waals surface area contributed by atoms with Gasteiger partial charge in [0.25, 0.3) is 0 Å². The molecule has 1 rings (SSSR count). The van der Waals surface area contributed by atoms with Gasteiger partial charge >= 0.3 is 0 Å². The van der Waals surface area contributed by atoms with E-state index < -0.39 is 11.7 Å². The lowest BCUT2D eigenvalue weighted by molar-refractivity contribution is 0.0781. The summed E-state index contributed by atoms with van der Waals surface area (Å²) in [7, 11) is 0. The molecule has 17 heavy (non-hydrogen) atoms. The Balaban J connectivity index is 2.83. The van der Waals surface area contributed by atoms with E-state index in [2.05, 4.69) is 26.5 Å². The van der Waals surface area contributed by atoms with Gasteiger partial charge in [-0.15, -0.1) is 0 Å². The quantitative estimate of drug-likeness (QED) is 0.689. The summed E-state index contributed by atoms with van der Waals surface area (Å²) in [4.78, 5) is 0. The highest BCUT2D eigenvalue weighted by Crippen LogP contribution is 2.27. The van der Waals surface area contributed by atoms with E-state index in [0.29, 0.717) is 24.7 Å². The van der Waals surface area contributed by atoms with Gasteiger partial charge in [-0.3, -0.25) is 0 Å². The van der Waals surface area contributed by atoms with Crippen LogP contribution in [0.2, 0.25) is 0 Å². The van der Waals surface area contributed by atoms with E-state index in [4.69, 9.17) is 0 Å². The van der Waals surface area contributed by atoms with Gasteiger partial charge in [-0.2, -0.15) is 0 Å². The molecule has 0 radical (unpaired) electrons. The molecule has 0 amide bonds. The van der Waals surface area contributed by atoms with Crippen molar-refractivity contribution in [1.29, 1.82) is 0 Å². The smallest absolute Gasteiger partial charge is 0.0800 e. The number of aliphatic hydroxyl groups excluding tert-OH is 1. The number of aliphatic hydroxyl groups is 2. The van der Waals surface area contributed by atoms with E-state index in [9.17, 15) is 10.2 Å². The van der Waals surface area contributed by atoms with Crippen LogP contribution in [0.5, 0.6) is 0 Å². The molecule has 0 saturated heterocycles. The van der Waals surface area contributed by atoms with Crippen LogP contribution < -0.4 is 0 Å². The van der Waals surface area contributed by atoms with Crippen LogP contribution in [-0.4, -0.2) is 21.9 Å². The van der Waals surface area contributed by atoms with Crippen LogP contribution >= 0.6 is 0 Å². The van der Waals surface area contributed by atoms with E-state index in [1.807, 2.05) is 6.08 Å². The van der Waals surface area contributed by atoms with Crippen molar-refractivity contribution in [1.82, 2.24) is 0 Å². The molecule has 0 aromatic carbocycles. The van der Waals surface area contributed by atoms with Crippen molar-refractivity contribution in [2.45, 2.75) is 58.2 Å². The van der Waals surface area contributed by atoms with Crippen molar-refractivity contribution in [3.05, 3.63) is 24.3 Å². The standard InChI is InChI=1S/C15H26O2/c1-11(2)13-6-5-12(3)14(16)8-10-15(4,17)9-7-13/h7,9,11,13-14,16-17H,3,5-6,8,10H2,1-2,4H3/b9-7+/t13?,14?,15-/m0/s1. The van der Waals surface area contributed by atoms with Gasteiger partial charge in [0, 0.05) is 0 Å². The molecule has 98 valence electrons. The Morgan fingerprint density at radius 3 is 2.65 bits per heavy atom. The van der Waals surface area contributed by atoms with E-state index in [0.717, 1.165) is 18.4 Å². The van der Waals surface area contributed by atoms with Gasteiger partial charge in [-0.25, -0.2) is 0 Å². The minimum Gasteiger partial charge on any atom is -0.389 e. The molecule has 0 spiro atoms. The normalized spacial score (nSPS) is 38.1. The Bertz CT molecular complexity index is 289. The predicted octanol–water partition coefficient (Wildman–Crippen LogP) is 3.06. The second kappa shape index (κ2) is 5.83. The van der Waals surface area contributed by atoms with E-state index in [1.54, 1.807) is 6.92 Å². The Kier molecular flexibility index (Phi) is 4.96. The first-order valence-electron chi connectivity index (χ1n) is 6.59. The first kappa shape index (κ1) is 14.5. The third kappa shape index (κ3) is 4.64. The molecule has 0 fully saturated rings. The lowest BCUT2D eigenvalue weighted by Crippen LogP contribution is -2.25. The molecule has 0 aliphatic heterocycles. The summed E-state index contributed by atoms with van der Waals surface area (Å²) >= 11 is 0. The SMILES string of the molecule is C=C1CCC(C(C)C)/C=C/[C@](C)(O)CCC1O. The van der Waals surface area contributed by atoms with Gasteiger partial charge < -0.3 is 10.2 Å². The topological polar surface area (TPSA) is 40.5 Å². The molecule has 1 aliphatic carbocycles. The average Bonchev–Trinajstić information content (AvgIpc) is 2.24. The zero-order valence-corrected chi connectivity index (χ0v) is 11.3. The van der Waals surface area contributed by atoms with Gasteiger partial charge in [-0.1, -0.05) is 32.6 Å². The van der Waals surface area contributed by atoms with Crippen molar-refractivity contribution in [3.63, 3.8) is 0 Å². The van der Waals surface area contributed by atoms with Crippen molar-refractivity contribution < 1.29 is 10.2 Å². The molecule has 2 heteroatoms. The third-order valence-corrected chi connectivity index (χ3v) is 3.75. The van der Waals surface area contributed by atoms with E-state index >= 15 is 0 Å². The maximum atomic E-state index is 10.2. The first-order chi connectivity index (χ1) is 7.82. The highest BCUT2D eigenvalue weighted by Gasteiger charge is 2.23. The fourth-order valence-corrected chi connectivity index (χ4v) is 2.22. The molecular weight excluding hydrogens is 212 g/mol. The highest BCUT2D eigenvalue weighted by atomic mass is 16.3. The van der Waals surface area contributed by atoms with E-state index in [-0.39, 0.29) is 0 Å². The van der Waals surface area contributed by atoms with Gasteiger partial charge in [0.2, 0.25) is 0 Å². The highest BCUT2D eigenvalue weighted by molar-refractivity contribution is 5.08. The Morgan fingerprint density at radius 1 is 1.41 bits per heavy atom. The summed E-state index contributed by atoms with van der Waals surface area (Å²) in [5.74, 6) is 0.995. The zero-order valence-electron chi connectivity index (χ0n) is 11.3. The van der Waals surface area contributed by atoms with Crippen LogP contribution in [-0.2, 0) is 0 Å². The number of rotatable bonds is 1. The Labute approximate surface area is 105 Å². The molecule has 3 atom stereocenters. The number of hydrogen-bond acceptors (Lipinski definition) is 2. The maximum Gasteiger partial charge on any atom is 0.0800 e. The lowest BCUT2D eigenvalue weighted by atomic mass is 9.84. The van der Waals surface area contributed by atoms with Crippen LogP contribution in [0.25, 0.3) is 0 Å². The van der Waals surface area contributed by atoms with Crippen LogP contribution in [0.3, 0.4) is 0 Å². The van der Waals surface area contributed by atoms with Crippen LogP contribution in [0, 0.1) is 11.8 Å². The average molecular weight is 238 g/mol. The summed E-state index contributed by atoms with van der Waals surface area (Å²) in [6, 6.07) is 0. The fraction of sp³-hybridized carbons (Fsp3) is 0.733.